The Balaban J connectivity index is 1.37. The van der Waals surface area contributed by atoms with Crippen LogP contribution in [0.2, 0.25) is 5.02 Å². The summed E-state index contributed by atoms with van der Waals surface area (Å²) in [5.41, 5.74) is 0.495. The quantitative estimate of drug-likeness (QED) is 0.467. The van der Waals surface area contributed by atoms with Crippen LogP contribution in [0.1, 0.15) is 36.6 Å². The van der Waals surface area contributed by atoms with E-state index in [0.29, 0.717) is 37.6 Å². The third kappa shape index (κ3) is 5.41. The lowest BCUT2D eigenvalue weighted by molar-refractivity contribution is -0.198. The van der Waals surface area contributed by atoms with Crippen LogP contribution < -0.4 is 15.0 Å². The van der Waals surface area contributed by atoms with Crippen LogP contribution in [0.25, 0.3) is 5.69 Å². The van der Waals surface area contributed by atoms with Crippen molar-refractivity contribution in [2.75, 3.05) is 24.5 Å². The van der Waals surface area contributed by atoms with Gasteiger partial charge < -0.3 is 20.1 Å². The minimum absolute atomic E-state index is 0.113. The predicted octanol–water partition coefficient (Wildman–Crippen LogP) is 4.34. The number of anilines is 1. The van der Waals surface area contributed by atoms with Crippen LogP contribution in [0.4, 0.5) is 19.0 Å². The predicted molar refractivity (Wildman–Crippen MR) is 133 cm³/mol. The summed E-state index contributed by atoms with van der Waals surface area (Å²) in [5.74, 6) is -0.722. The Bertz CT molecular complexity index is 1330. The van der Waals surface area contributed by atoms with Gasteiger partial charge >= 0.3 is 12.1 Å². The number of carbonyl (C=O) groups is 1. The Morgan fingerprint density at radius 1 is 1.26 bits per heavy atom. The number of aryl methyl sites for hydroxylation is 1. The highest BCUT2D eigenvalue weighted by atomic mass is 35.5. The number of aromatic nitrogens is 4. The van der Waals surface area contributed by atoms with Gasteiger partial charge in [-0.05, 0) is 49.8 Å². The van der Waals surface area contributed by atoms with Crippen molar-refractivity contribution in [2.24, 2.45) is 5.41 Å². The molecule has 1 unspecified atom stereocenters. The molecule has 5 rings (SSSR count). The van der Waals surface area contributed by atoms with E-state index in [9.17, 15) is 23.1 Å². The number of carboxylic acid groups (broad SMARTS) is 1. The van der Waals surface area contributed by atoms with Crippen molar-refractivity contribution < 1.29 is 27.8 Å². The number of hydrogen-bond acceptors (Lipinski definition) is 7. The average Bonchev–Trinajstić information content (AvgIpc) is 3.49. The van der Waals surface area contributed by atoms with E-state index in [1.165, 1.54) is 29.1 Å². The second-order valence-corrected chi connectivity index (χ2v) is 10.3. The van der Waals surface area contributed by atoms with E-state index >= 15 is 0 Å². The average molecular weight is 551 g/mol. The summed E-state index contributed by atoms with van der Waals surface area (Å²) < 4.78 is 49.7. The van der Waals surface area contributed by atoms with Gasteiger partial charge in [-0.2, -0.15) is 23.3 Å². The van der Waals surface area contributed by atoms with E-state index < -0.39 is 24.3 Å². The molecule has 38 heavy (non-hydrogen) atoms. The third-order valence-corrected chi connectivity index (χ3v) is 7.42. The Labute approximate surface area is 221 Å². The van der Waals surface area contributed by atoms with E-state index in [4.69, 9.17) is 16.3 Å². The van der Waals surface area contributed by atoms with Crippen molar-refractivity contribution in [1.82, 2.24) is 25.1 Å². The number of aliphatic carboxylic acids is 1. The fourth-order valence-electron chi connectivity index (χ4n) is 5.14. The Morgan fingerprint density at radius 2 is 2.03 bits per heavy atom. The molecule has 2 N–H and O–H groups in total. The molecule has 3 aromatic rings. The van der Waals surface area contributed by atoms with Gasteiger partial charge in [-0.3, -0.25) is 9.78 Å². The van der Waals surface area contributed by atoms with Crippen LogP contribution in [0.15, 0.2) is 42.9 Å². The number of benzene rings is 1. The molecule has 2 aromatic heterocycles. The van der Waals surface area contributed by atoms with Gasteiger partial charge in [-0.1, -0.05) is 17.7 Å². The molecule has 2 aliphatic rings. The summed E-state index contributed by atoms with van der Waals surface area (Å²) in [6.07, 6.45) is -0.891. The fraction of sp³-hybridized carbons (Fsp3) is 0.440. The molecule has 0 amide bonds. The molecular weight excluding hydrogens is 525 g/mol. The summed E-state index contributed by atoms with van der Waals surface area (Å²) in [4.78, 5) is 21.7. The number of carboxylic acids is 1. The van der Waals surface area contributed by atoms with Crippen LogP contribution >= 0.6 is 11.6 Å². The molecule has 0 aliphatic carbocycles. The number of nitrogens with one attached hydrogen (secondary N) is 1. The highest BCUT2D eigenvalue weighted by Crippen LogP contribution is 2.42. The largest absolute Gasteiger partial charge is 0.480 e. The molecule has 9 nitrogen and oxygen atoms in total. The van der Waals surface area contributed by atoms with Gasteiger partial charge in [0, 0.05) is 36.4 Å². The number of nitrogens with zero attached hydrogens (tertiary/aromatic N) is 5. The Kier molecular flexibility index (Phi) is 6.95. The first kappa shape index (κ1) is 26.2. The SMILES string of the molecule is Cc1ccn(-c2cc(Cl)ccc2[C@@H](Oc2cncc(N3CCC4(CC3)CNC(C(=O)O)C4)n2)C(F)(F)F)n1. The molecule has 2 saturated heterocycles. The number of ether oxygens (including phenoxy) is 1. The zero-order chi connectivity index (χ0) is 27.1. The van der Waals surface area contributed by atoms with Gasteiger partial charge in [0.2, 0.25) is 12.0 Å². The molecular formula is C25H26ClF3N6O3. The molecule has 1 aromatic carbocycles. The van der Waals surface area contributed by atoms with Gasteiger partial charge in [-0.15, -0.1) is 0 Å². The topological polar surface area (TPSA) is 105 Å². The summed E-state index contributed by atoms with van der Waals surface area (Å²) in [5, 5.41) is 16.9. The highest BCUT2D eigenvalue weighted by Gasteiger charge is 2.46. The van der Waals surface area contributed by atoms with E-state index in [-0.39, 0.29) is 27.6 Å². The summed E-state index contributed by atoms with van der Waals surface area (Å²) in [7, 11) is 0. The number of alkyl halides is 3. The van der Waals surface area contributed by atoms with Gasteiger partial charge in [0.05, 0.1) is 23.8 Å². The number of halogens is 4. The maximum atomic E-state index is 14.3. The van der Waals surface area contributed by atoms with Crippen LogP contribution in [0, 0.1) is 12.3 Å². The fourth-order valence-corrected chi connectivity index (χ4v) is 5.31. The van der Waals surface area contributed by atoms with Crippen molar-refractivity contribution in [3.8, 4) is 11.6 Å². The van der Waals surface area contributed by atoms with E-state index in [1.807, 2.05) is 4.90 Å². The molecule has 2 aliphatic heterocycles. The molecule has 202 valence electrons. The monoisotopic (exact) mass is 550 g/mol. The van der Waals surface area contributed by atoms with Crippen molar-refractivity contribution in [3.63, 3.8) is 0 Å². The smallest absolute Gasteiger partial charge is 0.429 e. The Morgan fingerprint density at radius 3 is 2.66 bits per heavy atom. The normalized spacial score (nSPS) is 20.0. The summed E-state index contributed by atoms with van der Waals surface area (Å²) in [6, 6.07) is 5.17. The third-order valence-electron chi connectivity index (χ3n) is 7.19. The molecule has 2 atom stereocenters. The summed E-state index contributed by atoms with van der Waals surface area (Å²) >= 11 is 6.10. The second-order valence-electron chi connectivity index (χ2n) is 9.82. The minimum atomic E-state index is -4.77. The van der Waals surface area contributed by atoms with Gasteiger partial charge in [0.15, 0.2) is 5.82 Å². The molecule has 13 heteroatoms. The van der Waals surface area contributed by atoms with Crippen molar-refractivity contribution in [2.45, 2.75) is 44.5 Å². The maximum Gasteiger partial charge on any atom is 0.429 e. The molecule has 4 heterocycles. The van der Waals surface area contributed by atoms with Crippen LogP contribution in [-0.2, 0) is 4.79 Å². The van der Waals surface area contributed by atoms with E-state index in [0.717, 1.165) is 19.0 Å². The lowest BCUT2D eigenvalue weighted by Gasteiger charge is -2.39. The van der Waals surface area contributed by atoms with Crippen LogP contribution in [-0.4, -0.2) is 62.7 Å². The first-order chi connectivity index (χ1) is 18.0. The van der Waals surface area contributed by atoms with E-state index in [2.05, 4.69) is 20.4 Å². The highest BCUT2D eigenvalue weighted by molar-refractivity contribution is 6.30. The lowest BCUT2D eigenvalue weighted by atomic mass is 9.76. The number of rotatable bonds is 6. The number of piperidine rings is 1. The molecule has 0 bridgehead atoms. The van der Waals surface area contributed by atoms with Gasteiger partial charge in [-0.25, -0.2) is 4.68 Å². The molecule has 0 radical (unpaired) electrons. The zero-order valence-electron chi connectivity index (χ0n) is 20.5. The zero-order valence-corrected chi connectivity index (χ0v) is 21.2. The van der Waals surface area contributed by atoms with Gasteiger partial charge in [0.25, 0.3) is 0 Å². The van der Waals surface area contributed by atoms with Gasteiger partial charge in [0.1, 0.15) is 6.04 Å². The van der Waals surface area contributed by atoms with E-state index in [1.54, 1.807) is 19.2 Å². The molecule has 0 saturated carbocycles. The van der Waals surface area contributed by atoms with Crippen LogP contribution in [0.3, 0.4) is 0 Å². The van der Waals surface area contributed by atoms with Crippen LogP contribution in [0.5, 0.6) is 5.88 Å². The standard InChI is InChI=1S/C25H26ClF3N6O3/c1-15-4-7-35(33-15)19-10-16(26)2-3-17(19)22(25(27,28)29)38-21-13-30-12-20(32-21)34-8-5-24(6-9-34)11-18(23(36)37)31-14-24/h2-4,7,10,12-13,18,22,31H,5-6,8-9,11,14H2,1H3,(H,36,37)/t18?,22-/m1/s1. The first-order valence-electron chi connectivity index (χ1n) is 12.1. The van der Waals surface area contributed by atoms with Crippen molar-refractivity contribution in [1.29, 1.82) is 0 Å². The lowest BCUT2D eigenvalue weighted by Crippen LogP contribution is -2.41. The number of hydrogen-bond donors (Lipinski definition) is 2. The maximum absolute atomic E-state index is 14.3. The first-order valence-corrected chi connectivity index (χ1v) is 12.5. The summed E-state index contributed by atoms with van der Waals surface area (Å²) in [6.45, 7) is 3.51. The van der Waals surface area contributed by atoms with Crippen molar-refractivity contribution in [3.05, 3.63) is 59.1 Å². The van der Waals surface area contributed by atoms with Crippen molar-refractivity contribution >= 4 is 23.4 Å². The molecule has 2 fully saturated rings. The molecule has 1 spiro atoms. The minimum Gasteiger partial charge on any atom is -0.480 e. The second kappa shape index (κ2) is 10.1. The Hall–Kier alpha value is -3.38.